The van der Waals surface area contributed by atoms with Gasteiger partial charge in [-0.2, -0.15) is 0 Å². The van der Waals surface area contributed by atoms with E-state index in [-0.39, 0.29) is 18.0 Å². The molecule has 46 heavy (non-hydrogen) atoms. The molecule has 0 aliphatic rings. The molecule has 2 N–H and O–H groups in total. The standard InChI is InChI=1S/C41H79N3O2/c1-5-7-9-11-13-15-17-19-21-23-25-27-29-31-33-35-40(45)42-39(37-38-44(3)4)43-41(46)36-34-32-30-28-26-24-22-20-18-16-14-12-10-8-6-2/h19-22,39H,5-18,23-38H2,1-4H3,(H,42,45)(H,43,46)/b21-19-,22-20-. The normalized spacial score (nSPS) is 11.9. The van der Waals surface area contributed by atoms with Crippen LogP contribution in [-0.4, -0.2) is 43.5 Å². The molecule has 5 heteroatoms. The number of nitrogens with one attached hydrogen (secondary N) is 2. The first-order valence-electron chi connectivity index (χ1n) is 20.0. The molecule has 0 aromatic rings. The first-order chi connectivity index (χ1) is 22.5. The van der Waals surface area contributed by atoms with E-state index in [1.165, 1.54) is 141 Å². The minimum atomic E-state index is -0.284. The molecule has 0 fully saturated rings. The third-order valence-corrected chi connectivity index (χ3v) is 8.87. The van der Waals surface area contributed by atoms with Crippen LogP contribution in [0.5, 0.6) is 0 Å². The zero-order valence-electron chi connectivity index (χ0n) is 31.4. The number of allylic oxidation sites excluding steroid dienone is 4. The summed E-state index contributed by atoms with van der Waals surface area (Å²) in [5.41, 5.74) is 0. The molecule has 2 amide bonds. The Bertz CT molecular complexity index is 664. The summed E-state index contributed by atoms with van der Waals surface area (Å²) >= 11 is 0. The highest BCUT2D eigenvalue weighted by Gasteiger charge is 2.15. The van der Waals surface area contributed by atoms with Gasteiger partial charge in [-0.25, -0.2) is 0 Å². The van der Waals surface area contributed by atoms with Gasteiger partial charge in [0.25, 0.3) is 0 Å². The molecule has 5 nitrogen and oxygen atoms in total. The quantitative estimate of drug-likeness (QED) is 0.0409. The van der Waals surface area contributed by atoms with Crippen LogP contribution in [0.25, 0.3) is 0 Å². The van der Waals surface area contributed by atoms with Gasteiger partial charge in [-0.05, 0) is 84.7 Å². The van der Waals surface area contributed by atoms with Crippen molar-refractivity contribution in [2.24, 2.45) is 0 Å². The van der Waals surface area contributed by atoms with Crippen LogP contribution in [0.1, 0.15) is 200 Å². The Morgan fingerprint density at radius 2 is 0.783 bits per heavy atom. The molecule has 0 heterocycles. The number of carbonyl (C=O) groups is 2. The maximum Gasteiger partial charge on any atom is 0.221 e. The van der Waals surface area contributed by atoms with Crippen LogP contribution in [0.15, 0.2) is 24.3 Å². The predicted molar refractivity (Wildman–Crippen MR) is 202 cm³/mol. The van der Waals surface area contributed by atoms with Gasteiger partial charge in [0.2, 0.25) is 11.8 Å². The average molecular weight is 646 g/mol. The van der Waals surface area contributed by atoms with Crippen LogP contribution < -0.4 is 10.6 Å². The lowest BCUT2D eigenvalue weighted by molar-refractivity contribution is -0.124. The molecule has 0 radical (unpaired) electrons. The summed E-state index contributed by atoms with van der Waals surface area (Å²) in [6.45, 7) is 5.37. The van der Waals surface area contributed by atoms with E-state index in [4.69, 9.17) is 0 Å². The summed E-state index contributed by atoms with van der Waals surface area (Å²) in [5, 5.41) is 6.19. The Morgan fingerprint density at radius 3 is 1.11 bits per heavy atom. The van der Waals surface area contributed by atoms with Crippen LogP contribution in [-0.2, 0) is 9.59 Å². The Hall–Kier alpha value is -1.62. The number of unbranched alkanes of at least 4 members (excludes halogenated alkanes) is 22. The lowest BCUT2D eigenvalue weighted by atomic mass is 10.1. The zero-order valence-corrected chi connectivity index (χ0v) is 31.4. The first-order valence-corrected chi connectivity index (χ1v) is 20.0. The van der Waals surface area contributed by atoms with Crippen molar-refractivity contribution in [3.63, 3.8) is 0 Å². The molecule has 0 rings (SSSR count). The molecular formula is C41H79N3O2. The molecule has 0 aromatic heterocycles. The highest BCUT2D eigenvalue weighted by molar-refractivity contribution is 5.79. The Kier molecular flexibility index (Phi) is 34.9. The Labute approximate surface area is 287 Å². The molecule has 0 saturated carbocycles. The molecule has 0 atom stereocenters. The maximum atomic E-state index is 12.6. The largest absolute Gasteiger partial charge is 0.336 e. The molecular weight excluding hydrogens is 566 g/mol. The average Bonchev–Trinajstić information content (AvgIpc) is 3.03. The van der Waals surface area contributed by atoms with E-state index < -0.39 is 0 Å². The third-order valence-electron chi connectivity index (χ3n) is 8.87. The van der Waals surface area contributed by atoms with Crippen molar-refractivity contribution in [3.8, 4) is 0 Å². The molecule has 0 aliphatic heterocycles. The van der Waals surface area contributed by atoms with E-state index in [1.807, 2.05) is 14.1 Å². The molecule has 0 aromatic carbocycles. The lowest BCUT2D eigenvalue weighted by Crippen LogP contribution is -2.49. The molecule has 0 saturated heterocycles. The summed E-state index contributed by atoms with van der Waals surface area (Å²) in [7, 11) is 4.05. The number of amides is 2. The lowest BCUT2D eigenvalue weighted by Gasteiger charge is -2.22. The van der Waals surface area contributed by atoms with E-state index in [0.29, 0.717) is 12.8 Å². The number of nitrogens with zero attached hydrogens (tertiary/aromatic N) is 1. The second kappa shape index (κ2) is 36.2. The van der Waals surface area contributed by atoms with Gasteiger partial charge >= 0.3 is 0 Å². The van der Waals surface area contributed by atoms with Crippen molar-refractivity contribution in [2.45, 2.75) is 206 Å². The van der Waals surface area contributed by atoms with Crippen LogP contribution in [0, 0.1) is 0 Å². The second-order valence-electron chi connectivity index (χ2n) is 13.9. The van der Waals surface area contributed by atoms with Crippen molar-refractivity contribution in [1.82, 2.24) is 15.5 Å². The van der Waals surface area contributed by atoms with E-state index in [1.54, 1.807) is 0 Å². The topological polar surface area (TPSA) is 61.4 Å². The van der Waals surface area contributed by atoms with Gasteiger partial charge in [-0.15, -0.1) is 0 Å². The fourth-order valence-corrected chi connectivity index (χ4v) is 5.81. The van der Waals surface area contributed by atoms with E-state index in [9.17, 15) is 9.59 Å². The number of hydrogen-bond acceptors (Lipinski definition) is 3. The van der Waals surface area contributed by atoms with Gasteiger partial charge in [0, 0.05) is 19.4 Å². The highest BCUT2D eigenvalue weighted by atomic mass is 16.2. The van der Waals surface area contributed by atoms with Crippen molar-refractivity contribution < 1.29 is 9.59 Å². The zero-order chi connectivity index (χ0) is 33.8. The molecule has 0 spiro atoms. The molecule has 0 bridgehead atoms. The summed E-state index contributed by atoms with van der Waals surface area (Å²) in [6, 6.07) is 0. The summed E-state index contributed by atoms with van der Waals surface area (Å²) < 4.78 is 0. The van der Waals surface area contributed by atoms with Crippen LogP contribution in [0.4, 0.5) is 0 Å². The van der Waals surface area contributed by atoms with Crippen molar-refractivity contribution >= 4 is 11.8 Å². The fourth-order valence-electron chi connectivity index (χ4n) is 5.81. The molecule has 0 unspecified atom stereocenters. The van der Waals surface area contributed by atoms with Gasteiger partial charge in [0.1, 0.15) is 6.17 Å². The van der Waals surface area contributed by atoms with Gasteiger partial charge in [0.15, 0.2) is 0 Å². The van der Waals surface area contributed by atoms with Crippen molar-refractivity contribution in [2.75, 3.05) is 20.6 Å². The minimum absolute atomic E-state index is 0.0581. The third kappa shape index (κ3) is 35.2. The fraction of sp³-hybridized carbons (Fsp3) is 0.854. The smallest absolute Gasteiger partial charge is 0.221 e. The summed E-state index contributed by atoms with van der Waals surface area (Å²) in [5.74, 6) is 0.116. The number of hydrogen-bond donors (Lipinski definition) is 2. The predicted octanol–water partition coefficient (Wildman–Crippen LogP) is 11.6. The Morgan fingerprint density at radius 1 is 0.478 bits per heavy atom. The van der Waals surface area contributed by atoms with E-state index in [2.05, 4.69) is 53.7 Å². The molecule has 0 aliphatic carbocycles. The summed E-state index contributed by atoms with van der Waals surface area (Å²) in [4.78, 5) is 27.4. The molecule has 270 valence electrons. The van der Waals surface area contributed by atoms with Gasteiger partial charge in [0.05, 0.1) is 0 Å². The summed E-state index contributed by atoms with van der Waals surface area (Å²) in [6.07, 6.45) is 43.6. The van der Waals surface area contributed by atoms with Crippen LogP contribution in [0.3, 0.4) is 0 Å². The van der Waals surface area contributed by atoms with Crippen LogP contribution in [0.2, 0.25) is 0 Å². The second-order valence-corrected chi connectivity index (χ2v) is 13.9. The van der Waals surface area contributed by atoms with Gasteiger partial charge in [-0.1, -0.05) is 141 Å². The number of rotatable bonds is 35. The van der Waals surface area contributed by atoms with Crippen molar-refractivity contribution in [3.05, 3.63) is 24.3 Å². The Balaban J connectivity index is 3.89. The SMILES string of the molecule is CCCCCCCC/C=C\CCCCCCCC(=O)NC(CCN(C)C)NC(=O)CCCCCCC/C=C\CCCCCCCC. The van der Waals surface area contributed by atoms with Crippen molar-refractivity contribution in [1.29, 1.82) is 0 Å². The van der Waals surface area contributed by atoms with Crippen LogP contribution >= 0.6 is 0 Å². The van der Waals surface area contributed by atoms with E-state index in [0.717, 1.165) is 38.6 Å². The maximum absolute atomic E-state index is 12.6. The number of carbonyl (C=O) groups excluding carboxylic acids is 2. The minimum Gasteiger partial charge on any atom is -0.336 e. The van der Waals surface area contributed by atoms with E-state index >= 15 is 0 Å². The van der Waals surface area contributed by atoms with Gasteiger partial charge < -0.3 is 15.5 Å². The highest BCUT2D eigenvalue weighted by Crippen LogP contribution is 2.12. The first kappa shape index (κ1) is 44.4. The monoisotopic (exact) mass is 646 g/mol. The van der Waals surface area contributed by atoms with Gasteiger partial charge in [-0.3, -0.25) is 9.59 Å².